The maximum atomic E-state index is 15.3. The molecule has 10 atom stereocenters. The maximum Gasteiger partial charge on any atom is 0.326 e. The number of carbonyl (C=O) groups excluding carboxylic acids is 9. The van der Waals surface area contributed by atoms with E-state index in [2.05, 4.69) is 41.6 Å². The Morgan fingerprint density at radius 2 is 1.14 bits per heavy atom. The summed E-state index contributed by atoms with van der Waals surface area (Å²) in [4.78, 5) is 158. The zero-order valence-electron chi connectivity index (χ0n) is 51.5. The molecule has 3 aromatic rings. The number of likely N-dealkylation sites (tertiary alicyclic amines) is 2. The van der Waals surface area contributed by atoms with Crippen molar-refractivity contribution in [3.63, 3.8) is 0 Å². The summed E-state index contributed by atoms with van der Waals surface area (Å²) in [6, 6.07) is 4.28. The highest BCUT2D eigenvalue weighted by molar-refractivity contribution is 7.08. The monoisotopic (exact) mass is 1310 g/mol. The molecule has 5 heterocycles. The molecule has 0 radical (unpaired) electrons. The lowest BCUT2D eigenvalue weighted by molar-refractivity contribution is -0.154. The summed E-state index contributed by atoms with van der Waals surface area (Å²) >= 11 is 1.31. The smallest absolute Gasteiger partial charge is 0.326 e. The Hall–Kier alpha value is -9.47. The molecule has 4 aliphatic rings. The minimum absolute atomic E-state index is 0.00564. The summed E-state index contributed by atoms with van der Waals surface area (Å²) in [5, 5.41) is 48.4. The molecular weight excluding hydrogens is 1230 g/mol. The fraction of sp³-hybridized carbons (Fsp3) is 0.517. The summed E-state index contributed by atoms with van der Waals surface area (Å²) < 4.78 is 0. The van der Waals surface area contributed by atoms with Crippen LogP contribution in [0.5, 0.6) is 0 Å². The molecule has 1 aromatic heterocycles. The number of nitrogens with two attached hydrogens (primary N) is 7. The molecule has 0 unspecified atom stereocenters. The molecule has 22 N–H and O–H groups in total. The first kappa shape index (κ1) is 71.0. The predicted molar refractivity (Wildman–Crippen MR) is 341 cm³/mol. The van der Waals surface area contributed by atoms with E-state index in [1.54, 1.807) is 65.4 Å². The number of carbonyl (C=O) groups is 10. The SMILES string of the molecule is NC(N)=NCCC[C@@H](N)C(=O)N[C@@H](CCCN=C(N)N)C(=O)N1CCC[C@H]1C(=O)N1C[C@@H](O)C[C@H]1C(=O)NCC(=O)N[C@@H](Cc1ccsc1)C(=O)N[C@@H](CO)C(=O)N1Cc2ccccc2C[C@@H]1C(=O)N1Cc2ccccc2C[C@H]1C(=O)N[C@@H](CCCN=C(N)N)C(=O)O. The fourth-order valence-electron chi connectivity index (χ4n) is 11.9. The van der Waals surface area contributed by atoms with E-state index in [1.165, 1.54) is 26.0 Å². The average Bonchev–Trinajstić information content (AvgIpc) is 0.869. The number of aliphatic carboxylic acids is 1. The summed E-state index contributed by atoms with van der Waals surface area (Å²) in [5.41, 5.74) is 42.3. The number of rotatable bonds is 30. The van der Waals surface area contributed by atoms with Crippen LogP contribution in [0, 0.1) is 0 Å². The van der Waals surface area contributed by atoms with E-state index in [-0.39, 0.29) is 128 Å². The van der Waals surface area contributed by atoms with Crippen molar-refractivity contribution < 1.29 is 63.3 Å². The minimum atomic E-state index is -1.70. The van der Waals surface area contributed by atoms with E-state index >= 15 is 4.79 Å². The van der Waals surface area contributed by atoms with Crippen LogP contribution in [0.15, 0.2) is 80.3 Å². The second-order valence-electron chi connectivity index (χ2n) is 23.3. The van der Waals surface area contributed by atoms with Crippen molar-refractivity contribution in [1.29, 1.82) is 0 Å². The zero-order valence-corrected chi connectivity index (χ0v) is 52.3. The van der Waals surface area contributed by atoms with E-state index in [0.29, 0.717) is 35.1 Å². The highest BCUT2D eigenvalue weighted by atomic mass is 32.1. The Kier molecular flexibility index (Phi) is 25.7. The van der Waals surface area contributed by atoms with Gasteiger partial charge in [0.1, 0.15) is 48.3 Å². The van der Waals surface area contributed by atoms with Crippen molar-refractivity contribution in [2.24, 2.45) is 55.1 Å². The molecule has 2 saturated heterocycles. The van der Waals surface area contributed by atoms with Gasteiger partial charge in [-0.25, -0.2) is 4.79 Å². The first-order valence-corrected chi connectivity index (χ1v) is 31.7. The highest BCUT2D eigenvalue weighted by Gasteiger charge is 2.47. The van der Waals surface area contributed by atoms with Crippen LogP contribution in [0.25, 0.3) is 0 Å². The molecular formula is C60H85N19O13S. The van der Waals surface area contributed by atoms with Gasteiger partial charge in [-0.15, -0.1) is 0 Å². The largest absolute Gasteiger partial charge is 0.480 e. The Morgan fingerprint density at radius 1 is 0.591 bits per heavy atom. The van der Waals surface area contributed by atoms with Crippen LogP contribution in [-0.2, 0) is 80.3 Å². The number of benzene rings is 2. The van der Waals surface area contributed by atoms with Crippen LogP contribution >= 0.6 is 11.3 Å². The molecule has 0 spiro atoms. The van der Waals surface area contributed by atoms with E-state index in [4.69, 9.17) is 40.1 Å². The molecule has 0 saturated carbocycles. The van der Waals surface area contributed by atoms with Gasteiger partial charge in [-0.05, 0) is 96.0 Å². The number of nitrogens with zero attached hydrogens (tertiary/aromatic N) is 7. The van der Waals surface area contributed by atoms with Crippen LogP contribution in [0.1, 0.15) is 85.6 Å². The standard InChI is InChI=1S/C60H85N19O13S/c61-39(13-5-18-68-58(62)63)49(83)73-40(14-6-19-69-59(64)65)53(87)76-21-8-16-44(76)55(89)79-30-38(81)26-46(79)51(85)71-27-48(82)72-42(23-33-17-22-93-32-33)50(84)75-43(31-80)54(88)78-29-37-12-4-2-10-35(37)25-47(78)56(90)77-28-36-11-3-1-9-34(36)24-45(77)52(86)74-41(57(91)92)15-7-20-70-60(66)67/h1-4,9-12,17,22,32,38-47,80-81H,5-8,13-16,18-21,23-31,61H2,(H,71,85)(H,72,82)(H,73,83)(H,74,86)(H,75,84)(H,91,92)(H4,62,63,68)(H4,64,65,69)(H4,66,67,70)/t38-,39+,40-,41-,42-,43-,44-,45-,46-,47+/m0/s1. The first-order chi connectivity index (χ1) is 44.4. The van der Waals surface area contributed by atoms with Gasteiger partial charge in [0.25, 0.3) is 0 Å². The third-order valence-electron chi connectivity index (χ3n) is 16.7. The maximum absolute atomic E-state index is 15.3. The third-order valence-corrected chi connectivity index (χ3v) is 17.4. The van der Waals surface area contributed by atoms with Crippen LogP contribution < -0.4 is 66.7 Å². The number of guanidine groups is 3. The Labute approximate surface area is 540 Å². The quantitative estimate of drug-likeness (QED) is 0.0168. The molecule has 2 aromatic carbocycles. The Morgan fingerprint density at radius 3 is 1.72 bits per heavy atom. The highest BCUT2D eigenvalue weighted by Crippen LogP contribution is 2.31. The molecule has 33 heteroatoms. The number of hydrogen-bond donors (Lipinski definition) is 15. The number of carboxylic acids is 1. The lowest BCUT2D eigenvalue weighted by Crippen LogP contribution is -2.63. The van der Waals surface area contributed by atoms with Crippen molar-refractivity contribution in [2.45, 2.75) is 151 Å². The number of carboxylic acid groups (broad SMARTS) is 1. The second-order valence-corrected chi connectivity index (χ2v) is 24.1. The van der Waals surface area contributed by atoms with Crippen LogP contribution in [0.3, 0.4) is 0 Å². The molecule has 0 bridgehead atoms. The van der Waals surface area contributed by atoms with Gasteiger partial charge in [0.05, 0.1) is 25.3 Å². The lowest BCUT2D eigenvalue weighted by atomic mass is 9.89. The van der Waals surface area contributed by atoms with E-state index in [9.17, 15) is 58.5 Å². The molecule has 0 aliphatic carbocycles. The zero-order chi connectivity index (χ0) is 67.5. The van der Waals surface area contributed by atoms with E-state index in [1.807, 2.05) is 0 Å². The number of aliphatic hydroxyl groups excluding tert-OH is 2. The number of aliphatic imine (C=N–C) groups is 3. The van der Waals surface area contributed by atoms with Crippen LogP contribution in [0.4, 0.5) is 0 Å². The number of fused-ring (bicyclic) bond motifs is 2. The van der Waals surface area contributed by atoms with Crippen molar-refractivity contribution in [2.75, 3.05) is 45.9 Å². The Balaban J connectivity index is 1.03. The lowest BCUT2D eigenvalue weighted by Gasteiger charge is -2.43. The number of amides is 9. The van der Waals surface area contributed by atoms with Gasteiger partial charge < -0.3 is 102 Å². The molecule has 4 aliphatic heterocycles. The molecule has 32 nitrogen and oxygen atoms in total. The van der Waals surface area contributed by atoms with Gasteiger partial charge in [0.15, 0.2) is 17.9 Å². The normalized spacial score (nSPS) is 19.8. The van der Waals surface area contributed by atoms with Gasteiger partial charge in [-0.2, -0.15) is 11.3 Å². The number of aliphatic hydroxyl groups is 2. The van der Waals surface area contributed by atoms with Crippen molar-refractivity contribution in [1.82, 2.24) is 46.2 Å². The summed E-state index contributed by atoms with van der Waals surface area (Å²) in [6.07, 6.45) is 0.0596. The predicted octanol–water partition coefficient (Wildman–Crippen LogP) is -5.23. The summed E-state index contributed by atoms with van der Waals surface area (Å²) in [7, 11) is 0. The van der Waals surface area contributed by atoms with E-state index in [0.717, 1.165) is 10.5 Å². The second kappa shape index (κ2) is 33.7. The number of thiophene rings is 1. The van der Waals surface area contributed by atoms with Crippen LogP contribution in [0.2, 0.25) is 0 Å². The van der Waals surface area contributed by atoms with Gasteiger partial charge >= 0.3 is 5.97 Å². The average molecular weight is 1310 g/mol. The number of hydrogen-bond acceptors (Lipinski definition) is 17. The molecule has 2 fully saturated rings. The van der Waals surface area contributed by atoms with Crippen molar-refractivity contribution >= 4 is 88.3 Å². The molecule has 93 heavy (non-hydrogen) atoms. The summed E-state index contributed by atoms with van der Waals surface area (Å²) in [5.74, 6) is -8.60. The van der Waals surface area contributed by atoms with Gasteiger partial charge in [-0.1, -0.05) is 48.5 Å². The topological polar surface area (TPSA) is 524 Å². The van der Waals surface area contributed by atoms with Crippen LogP contribution in [-0.4, -0.2) is 218 Å². The Bertz CT molecular complexity index is 3270. The van der Waals surface area contributed by atoms with E-state index < -0.39 is 133 Å². The molecule has 7 rings (SSSR count). The number of β-amino-alcohol motifs (C(OH)–C–C–N with tert-alkyl or cyclic N) is 1. The summed E-state index contributed by atoms with van der Waals surface area (Å²) in [6.45, 7) is -1.66. The van der Waals surface area contributed by atoms with Gasteiger partial charge in [0.2, 0.25) is 53.2 Å². The van der Waals surface area contributed by atoms with Gasteiger partial charge in [0, 0.05) is 71.5 Å². The van der Waals surface area contributed by atoms with Crippen molar-refractivity contribution in [3.8, 4) is 0 Å². The molecule has 504 valence electrons. The molecule has 9 amide bonds. The van der Waals surface area contributed by atoms with Crippen molar-refractivity contribution in [3.05, 3.63) is 93.2 Å². The van der Waals surface area contributed by atoms with Gasteiger partial charge in [-0.3, -0.25) is 58.1 Å². The minimum Gasteiger partial charge on any atom is -0.480 e. The third kappa shape index (κ3) is 19.5. The number of nitrogens with one attached hydrogen (secondary N) is 5. The fourth-order valence-corrected chi connectivity index (χ4v) is 12.6. The first-order valence-electron chi connectivity index (χ1n) is 30.7.